The highest BCUT2D eigenvalue weighted by atomic mass is 35.5. The van der Waals surface area contributed by atoms with Gasteiger partial charge in [0.1, 0.15) is 5.75 Å². The van der Waals surface area contributed by atoms with E-state index in [1.165, 1.54) is 18.0 Å². The van der Waals surface area contributed by atoms with E-state index < -0.39 is 9.84 Å². The summed E-state index contributed by atoms with van der Waals surface area (Å²) in [5.41, 5.74) is -0.168. The van der Waals surface area contributed by atoms with Crippen LogP contribution in [0.2, 0.25) is 5.02 Å². The summed E-state index contributed by atoms with van der Waals surface area (Å²) < 4.78 is 28.6. The van der Waals surface area contributed by atoms with Gasteiger partial charge in [0.15, 0.2) is 9.84 Å². The third-order valence-electron chi connectivity index (χ3n) is 3.28. The number of sulfone groups is 1. The molecule has 7 heteroatoms. The highest BCUT2D eigenvalue weighted by molar-refractivity contribution is 7.99. The van der Waals surface area contributed by atoms with Crippen LogP contribution in [0.15, 0.2) is 57.2 Å². The molecule has 0 heterocycles. The first-order valence-corrected chi connectivity index (χ1v) is 11.0. The molecule has 0 aliphatic heterocycles. The van der Waals surface area contributed by atoms with Gasteiger partial charge in [-0.3, -0.25) is 4.79 Å². The molecule has 0 aliphatic carbocycles. The minimum atomic E-state index is -3.24. The Morgan fingerprint density at radius 3 is 2.27 bits per heavy atom. The van der Waals surface area contributed by atoms with Crippen LogP contribution in [0.5, 0.6) is 5.75 Å². The molecule has 0 saturated heterocycles. The highest BCUT2D eigenvalue weighted by Gasteiger charge is 2.19. The first-order valence-electron chi connectivity index (χ1n) is 7.92. The maximum atomic E-state index is 12.1. The second-order valence-corrected chi connectivity index (χ2v) is 10.7. The number of benzene rings is 2. The van der Waals surface area contributed by atoms with E-state index in [0.29, 0.717) is 22.1 Å². The van der Waals surface area contributed by atoms with Gasteiger partial charge in [0.2, 0.25) is 0 Å². The summed E-state index contributed by atoms with van der Waals surface area (Å²) in [5, 5.41) is 0.524. The first-order chi connectivity index (χ1) is 11.9. The van der Waals surface area contributed by atoms with Gasteiger partial charge in [-0.2, -0.15) is 0 Å². The van der Waals surface area contributed by atoms with Crippen LogP contribution in [0.25, 0.3) is 0 Å². The molecular formula is C19H21ClO4S2. The average Bonchev–Trinajstić information content (AvgIpc) is 2.48. The van der Waals surface area contributed by atoms with Crippen molar-refractivity contribution in [2.75, 3.05) is 6.26 Å². The van der Waals surface area contributed by atoms with Crippen molar-refractivity contribution in [3.05, 3.63) is 47.5 Å². The predicted octanol–water partition coefficient (Wildman–Crippen LogP) is 5.24. The van der Waals surface area contributed by atoms with Crippen molar-refractivity contribution in [2.24, 2.45) is 5.41 Å². The van der Waals surface area contributed by atoms with Gasteiger partial charge in [0.05, 0.1) is 16.2 Å². The lowest BCUT2D eigenvalue weighted by atomic mass is 9.92. The molecule has 0 atom stereocenters. The largest absolute Gasteiger partial charge is 0.425 e. The number of hydrogen-bond donors (Lipinski definition) is 0. The van der Waals surface area contributed by atoms with Gasteiger partial charge in [-0.25, -0.2) is 8.42 Å². The molecule has 0 spiro atoms. The van der Waals surface area contributed by atoms with Gasteiger partial charge in [0.25, 0.3) is 0 Å². The summed E-state index contributed by atoms with van der Waals surface area (Å²) in [5.74, 6) is 0.120. The highest BCUT2D eigenvalue weighted by Crippen LogP contribution is 2.37. The van der Waals surface area contributed by atoms with Crippen molar-refractivity contribution >= 4 is 39.2 Å². The molecule has 0 bridgehead atoms. The van der Waals surface area contributed by atoms with Crippen LogP contribution in [-0.4, -0.2) is 20.6 Å². The van der Waals surface area contributed by atoms with E-state index in [9.17, 15) is 13.2 Å². The van der Waals surface area contributed by atoms with Crippen LogP contribution in [0.1, 0.15) is 27.2 Å². The molecule has 0 saturated carbocycles. The zero-order valence-electron chi connectivity index (χ0n) is 15.1. The maximum absolute atomic E-state index is 12.1. The number of carbonyl (C=O) groups excluding carboxylic acids is 1. The van der Waals surface area contributed by atoms with Crippen molar-refractivity contribution in [1.29, 1.82) is 0 Å². The second-order valence-electron chi connectivity index (χ2n) is 7.15. The summed E-state index contributed by atoms with van der Waals surface area (Å²) in [7, 11) is -3.24. The number of halogens is 1. The average molecular weight is 413 g/mol. The molecule has 0 fully saturated rings. The summed E-state index contributed by atoms with van der Waals surface area (Å²) in [6.07, 6.45) is 1.46. The summed E-state index contributed by atoms with van der Waals surface area (Å²) >= 11 is 7.43. The smallest absolute Gasteiger partial charge is 0.311 e. The summed E-state index contributed by atoms with van der Waals surface area (Å²) in [4.78, 5) is 13.9. The van der Waals surface area contributed by atoms with Gasteiger partial charge in [-0.1, -0.05) is 44.1 Å². The Kier molecular flexibility index (Phi) is 6.42. The van der Waals surface area contributed by atoms with Crippen LogP contribution >= 0.6 is 23.4 Å². The maximum Gasteiger partial charge on any atom is 0.311 e. The van der Waals surface area contributed by atoms with Gasteiger partial charge < -0.3 is 4.74 Å². The Morgan fingerprint density at radius 2 is 1.73 bits per heavy atom. The molecule has 26 heavy (non-hydrogen) atoms. The van der Waals surface area contributed by atoms with Gasteiger partial charge in [-0.15, -0.1) is 0 Å². The second kappa shape index (κ2) is 8.03. The van der Waals surface area contributed by atoms with Crippen molar-refractivity contribution in [3.8, 4) is 5.75 Å². The third-order valence-corrected chi connectivity index (χ3v) is 5.69. The molecule has 0 unspecified atom stereocenters. The molecule has 2 aromatic carbocycles. The quantitative estimate of drug-likeness (QED) is 0.496. The Bertz CT molecular complexity index is 898. The van der Waals surface area contributed by atoms with Crippen molar-refractivity contribution in [1.82, 2.24) is 0 Å². The van der Waals surface area contributed by atoms with E-state index in [-0.39, 0.29) is 16.3 Å². The van der Waals surface area contributed by atoms with Crippen LogP contribution in [0.4, 0.5) is 0 Å². The SMILES string of the molecule is CC(C)(C)CC(=O)Oc1ccc(Cl)cc1Sc1ccc(S(C)(=O)=O)cc1. The minimum Gasteiger partial charge on any atom is -0.425 e. The molecule has 2 aromatic rings. The lowest BCUT2D eigenvalue weighted by molar-refractivity contribution is -0.136. The van der Waals surface area contributed by atoms with E-state index >= 15 is 0 Å². The number of rotatable bonds is 5. The number of carbonyl (C=O) groups is 1. The number of ether oxygens (including phenoxy) is 1. The Morgan fingerprint density at radius 1 is 1.12 bits per heavy atom. The lowest BCUT2D eigenvalue weighted by Gasteiger charge is -2.17. The monoisotopic (exact) mass is 412 g/mol. The number of esters is 1. The van der Waals surface area contributed by atoms with E-state index in [1.54, 1.807) is 42.5 Å². The molecule has 2 rings (SSSR count). The van der Waals surface area contributed by atoms with Crippen LogP contribution < -0.4 is 4.74 Å². The summed E-state index contributed by atoms with van der Waals surface area (Å²) in [6.45, 7) is 5.90. The van der Waals surface area contributed by atoms with E-state index in [2.05, 4.69) is 0 Å². The molecule has 4 nitrogen and oxygen atoms in total. The molecule has 0 N–H and O–H groups in total. The van der Waals surface area contributed by atoms with Crippen LogP contribution in [0, 0.1) is 5.41 Å². The normalized spacial score (nSPS) is 12.0. The zero-order valence-corrected chi connectivity index (χ0v) is 17.5. The van der Waals surface area contributed by atoms with Crippen molar-refractivity contribution in [3.63, 3.8) is 0 Å². The third kappa shape index (κ3) is 6.34. The van der Waals surface area contributed by atoms with E-state index in [0.717, 1.165) is 4.90 Å². The van der Waals surface area contributed by atoms with Gasteiger partial charge in [0, 0.05) is 16.2 Å². The van der Waals surface area contributed by atoms with Gasteiger partial charge in [-0.05, 0) is 47.9 Å². The molecule has 0 aliphatic rings. The van der Waals surface area contributed by atoms with Crippen LogP contribution in [0.3, 0.4) is 0 Å². The van der Waals surface area contributed by atoms with E-state index in [4.69, 9.17) is 16.3 Å². The Hall–Kier alpha value is -1.50. The fraction of sp³-hybridized carbons (Fsp3) is 0.316. The first kappa shape index (κ1) is 20.8. The van der Waals surface area contributed by atoms with Crippen LogP contribution in [-0.2, 0) is 14.6 Å². The van der Waals surface area contributed by atoms with E-state index in [1.807, 2.05) is 20.8 Å². The van der Waals surface area contributed by atoms with Crippen molar-refractivity contribution in [2.45, 2.75) is 41.9 Å². The zero-order chi connectivity index (χ0) is 19.5. The Balaban J connectivity index is 2.23. The fourth-order valence-electron chi connectivity index (χ4n) is 2.12. The number of hydrogen-bond acceptors (Lipinski definition) is 5. The van der Waals surface area contributed by atoms with Gasteiger partial charge >= 0.3 is 5.97 Å². The lowest BCUT2D eigenvalue weighted by Crippen LogP contribution is -2.17. The molecule has 140 valence electrons. The molecule has 0 aromatic heterocycles. The van der Waals surface area contributed by atoms with Crippen molar-refractivity contribution < 1.29 is 17.9 Å². The Labute approximate surface area is 163 Å². The molecular weight excluding hydrogens is 392 g/mol. The molecule has 0 radical (unpaired) electrons. The predicted molar refractivity (Wildman–Crippen MR) is 105 cm³/mol. The summed E-state index contributed by atoms with van der Waals surface area (Å²) in [6, 6.07) is 11.6. The topological polar surface area (TPSA) is 60.4 Å². The fourth-order valence-corrected chi connectivity index (χ4v) is 3.91. The molecule has 0 amide bonds. The minimum absolute atomic E-state index is 0.168. The standard InChI is InChI=1S/C19H21ClO4S2/c1-19(2,3)12-18(21)24-16-10-5-13(20)11-17(16)25-14-6-8-15(9-7-14)26(4,22)23/h5-11H,12H2,1-4H3.